The molecule has 72 valence electrons. The van der Waals surface area contributed by atoms with Gasteiger partial charge in [0.1, 0.15) is 0 Å². The van der Waals surface area contributed by atoms with E-state index in [9.17, 15) is 4.79 Å². The van der Waals surface area contributed by atoms with E-state index >= 15 is 0 Å². The average Bonchev–Trinajstić information content (AvgIpc) is 2.80. The van der Waals surface area contributed by atoms with Crippen molar-refractivity contribution in [1.29, 1.82) is 0 Å². The van der Waals surface area contributed by atoms with E-state index in [1.807, 2.05) is 30.3 Å². The van der Waals surface area contributed by atoms with Gasteiger partial charge in [0.05, 0.1) is 5.69 Å². The Labute approximate surface area is 88.0 Å². The van der Waals surface area contributed by atoms with Crippen molar-refractivity contribution in [3.8, 4) is 11.8 Å². The van der Waals surface area contributed by atoms with Crippen molar-refractivity contribution in [2.45, 2.75) is 0 Å². The Morgan fingerprint density at radius 1 is 1.07 bits per heavy atom. The minimum Gasteiger partial charge on any atom is -0.355 e. The fraction of sp³-hybridized carbons (Fsp3) is 0. The van der Waals surface area contributed by atoms with Gasteiger partial charge in [0.15, 0.2) is 0 Å². The van der Waals surface area contributed by atoms with Gasteiger partial charge in [-0.25, -0.2) is 0 Å². The van der Waals surface area contributed by atoms with Gasteiger partial charge >= 0.3 is 0 Å². The maximum Gasteiger partial charge on any atom is 0.236 e. The molecule has 0 amide bonds. The molecule has 15 heavy (non-hydrogen) atoms. The number of aromatic nitrogens is 1. The number of benzene rings is 1. The molecular weight excluding hydrogens is 186 g/mol. The Kier molecular flexibility index (Phi) is 2.66. The zero-order valence-corrected chi connectivity index (χ0v) is 8.03. The third-order valence-corrected chi connectivity index (χ3v) is 1.94. The van der Waals surface area contributed by atoms with Crippen LogP contribution >= 0.6 is 0 Å². The zero-order chi connectivity index (χ0) is 10.5. The maximum atomic E-state index is 11.6. The molecule has 1 aromatic carbocycles. The molecule has 2 aromatic rings. The lowest BCUT2D eigenvalue weighted by atomic mass is 10.1. The van der Waals surface area contributed by atoms with E-state index in [4.69, 9.17) is 0 Å². The van der Waals surface area contributed by atoms with Crippen LogP contribution in [0.2, 0.25) is 0 Å². The molecular formula is C13H9NO. The number of hydrogen-bond acceptors (Lipinski definition) is 1. The van der Waals surface area contributed by atoms with Crippen LogP contribution in [0, 0.1) is 11.8 Å². The van der Waals surface area contributed by atoms with Gasteiger partial charge < -0.3 is 4.98 Å². The van der Waals surface area contributed by atoms with Gasteiger partial charge in [0, 0.05) is 11.8 Å². The molecule has 0 unspecified atom stereocenters. The molecule has 0 radical (unpaired) electrons. The highest BCUT2D eigenvalue weighted by Crippen LogP contribution is 1.99. The first-order chi connectivity index (χ1) is 7.36. The van der Waals surface area contributed by atoms with Crippen LogP contribution in [-0.4, -0.2) is 10.8 Å². The number of carbonyl (C=O) groups is 1. The van der Waals surface area contributed by atoms with Crippen molar-refractivity contribution in [1.82, 2.24) is 4.98 Å². The van der Waals surface area contributed by atoms with E-state index in [1.165, 1.54) is 0 Å². The summed E-state index contributed by atoms with van der Waals surface area (Å²) >= 11 is 0. The highest BCUT2D eigenvalue weighted by Gasteiger charge is 1.98. The van der Waals surface area contributed by atoms with Crippen molar-refractivity contribution < 1.29 is 4.79 Å². The molecule has 0 saturated heterocycles. The Hall–Kier alpha value is -2.27. The average molecular weight is 195 g/mol. The second-order valence-corrected chi connectivity index (χ2v) is 3.03. The van der Waals surface area contributed by atoms with Gasteiger partial charge in [-0.2, -0.15) is 0 Å². The Morgan fingerprint density at radius 2 is 1.87 bits per heavy atom. The molecule has 1 N–H and O–H groups in total. The van der Waals surface area contributed by atoms with E-state index in [0.29, 0.717) is 5.56 Å². The molecule has 0 aliphatic carbocycles. The number of ketones is 1. The predicted molar refractivity (Wildman–Crippen MR) is 58.4 cm³/mol. The number of rotatable bonds is 1. The van der Waals surface area contributed by atoms with E-state index in [1.54, 1.807) is 18.3 Å². The molecule has 0 aliphatic heterocycles. The van der Waals surface area contributed by atoms with Crippen molar-refractivity contribution in [2.24, 2.45) is 0 Å². The topological polar surface area (TPSA) is 32.9 Å². The lowest BCUT2D eigenvalue weighted by Crippen LogP contribution is -1.93. The van der Waals surface area contributed by atoms with Crippen LogP contribution in [0.15, 0.2) is 48.7 Å². The quantitative estimate of drug-likeness (QED) is 0.549. The van der Waals surface area contributed by atoms with Gasteiger partial charge in [-0.3, -0.25) is 4.79 Å². The van der Waals surface area contributed by atoms with Crippen LogP contribution in [0.5, 0.6) is 0 Å². The number of hydrogen-bond donors (Lipinski definition) is 1. The molecule has 0 fully saturated rings. The molecule has 2 nitrogen and oxygen atoms in total. The van der Waals surface area contributed by atoms with Gasteiger partial charge in [0.2, 0.25) is 5.78 Å². The van der Waals surface area contributed by atoms with Crippen molar-refractivity contribution in [3.05, 3.63) is 59.9 Å². The highest BCUT2D eigenvalue weighted by molar-refractivity contribution is 6.09. The number of aromatic amines is 1. The van der Waals surface area contributed by atoms with E-state index in [-0.39, 0.29) is 5.78 Å². The lowest BCUT2D eigenvalue weighted by Gasteiger charge is -1.90. The third kappa shape index (κ3) is 2.35. The summed E-state index contributed by atoms with van der Waals surface area (Å²) in [4.78, 5) is 14.5. The fourth-order valence-corrected chi connectivity index (χ4v) is 1.19. The van der Waals surface area contributed by atoms with Crippen LogP contribution in [0.25, 0.3) is 0 Å². The van der Waals surface area contributed by atoms with Crippen molar-refractivity contribution in [3.63, 3.8) is 0 Å². The molecule has 0 saturated carbocycles. The second kappa shape index (κ2) is 4.30. The van der Waals surface area contributed by atoms with Crippen LogP contribution in [-0.2, 0) is 0 Å². The van der Waals surface area contributed by atoms with E-state index < -0.39 is 0 Å². The van der Waals surface area contributed by atoms with Crippen LogP contribution < -0.4 is 0 Å². The third-order valence-electron chi connectivity index (χ3n) is 1.94. The number of nitrogens with one attached hydrogen (secondary N) is 1. The van der Waals surface area contributed by atoms with Gasteiger partial charge in [-0.05, 0) is 24.0 Å². The second-order valence-electron chi connectivity index (χ2n) is 3.03. The summed E-state index contributed by atoms with van der Waals surface area (Å²) < 4.78 is 0. The molecule has 0 bridgehead atoms. The fourth-order valence-electron chi connectivity index (χ4n) is 1.19. The number of carbonyl (C=O) groups excluding carboxylic acids is 1. The molecule has 1 heterocycles. The van der Waals surface area contributed by atoms with Gasteiger partial charge in [-0.15, -0.1) is 0 Å². The molecule has 2 heteroatoms. The first kappa shape index (κ1) is 9.29. The molecule has 1 aromatic heterocycles. The Bertz CT molecular complexity index is 500. The van der Waals surface area contributed by atoms with Gasteiger partial charge in [0.25, 0.3) is 0 Å². The van der Waals surface area contributed by atoms with E-state index in [0.717, 1.165) is 5.69 Å². The number of H-pyrrole nitrogens is 1. The van der Waals surface area contributed by atoms with E-state index in [2.05, 4.69) is 16.8 Å². The largest absolute Gasteiger partial charge is 0.355 e. The van der Waals surface area contributed by atoms with Crippen LogP contribution in [0.4, 0.5) is 0 Å². The summed E-state index contributed by atoms with van der Waals surface area (Å²) in [5.41, 5.74) is 1.37. The minimum atomic E-state index is -0.162. The SMILES string of the molecule is O=C(C#Cc1ccc[nH]1)c1ccccc1. The smallest absolute Gasteiger partial charge is 0.236 e. The van der Waals surface area contributed by atoms with Crippen LogP contribution in [0.3, 0.4) is 0 Å². The van der Waals surface area contributed by atoms with Gasteiger partial charge in [-0.1, -0.05) is 30.3 Å². The standard InChI is InChI=1S/C13H9NO/c15-13(11-5-2-1-3-6-11)9-8-12-7-4-10-14-12/h1-7,10,14H. The predicted octanol–water partition coefficient (Wildman–Crippen LogP) is 2.25. The monoisotopic (exact) mass is 195 g/mol. The molecule has 2 rings (SSSR count). The highest BCUT2D eigenvalue weighted by atomic mass is 16.1. The summed E-state index contributed by atoms with van der Waals surface area (Å²) in [6.45, 7) is 0. The summed E-state index contributed by atoms with van der Waals surface area (Å²) in [5.74, 6) is 5.19. The normalized spacial score (nSPS) is 9.07. The summed E-state index contributed by atoms with van der Waals surface area (Å²) in [6.07, 6.45) is 1.77. The maximum absolute atomic E-state index is 11.6. The molecule has 0 aliphatic rings. The summed E-state index contributed by atoms with van der Waals surface area (Å²) in [5, 5.41) is 0. The first-order valence-electron chi connectivity index (χ1n) is 4.61. The van der Waals surface area contributed by atoms with Crippen molar-refractivity contribution in [2.75, 3.05) is 0 Å². The van der Waals surface area contributed by atoms with Crippen molar-refractivity contribution >= 4 is 5.78 Å². The zero-order valence-electron chi connectivity index (χ0n) is 8.03. The lowest BCUT2D eigenvalue weighted by molar-refractivity contribution is 0.105. The first-order valence-corrected chi connectivity index (χ1v) is 4.61. The Morgan fingerprint density at radius 3 is 2.53 bits per heavy atom. The molecule has 0 spiro atoms. The molecule has 0 atom stereocenters. The summed E-state index contributed by atoms with van der Waals surface area (Å²) in [7, 11) is 0. The minimum absolute atomic E-state index is 0.162. The Balaban J connectivity index is 2.17. The summed E-state index contributed by atoms with van der Waals surface area (Å²) in [6, 6.07) is 12.7. The van der Waals surface area contributed by atoms with Crippen LogP contribution in [0.1, 0.15) is 16.1 Å². The number of Topliss-reactive ketones (excluding diaryl/α,β-unsaturated/α-hetero) is 1.